The Morgan fingerprint density at radius 3 is 2.81 bits per heavy atom. The number of aromatic carboxylic acids is 1. The van der Waals surface area contributed by atoms with Crippen LogP contribution >= 0.6 is 0 Å². The molecular weight excluding hydrogens is 275 g/mol. The van der Waals surface area contributed by atoms with E-state index in [0.717, 1.165) is 12.8 Å². The molecule has 110 valence electrons. The van der Waals surface area contributed by atoms with Crippen molar-refractivity contribution in [3.05, 3.63) is 35.8 Å². The number of carboxylic acids is 1. The minimum Gasteiger partial charge on any atom is -0.490 e. The lowest BCUT2D eigenvalue weighted by Crippen LogP contribution is -2.01. The Morgan fingerprint density at radius 2 is 2.24 bits per heavy atom. The Labute approximate surface area is 121 Å². The molecular formula is C15H15FN2O3. The van der Waals surface area contributed by atoms with E-state index >= 15 is 0 Å². The number of rotatable bonds is 5. The molecule has 1 aliphatic carbocycles. The maximum absolute atomic E-state index is 14.0. The highest BCUT2D eigenvalue weighted by molar-refractivity contribution is 5.87. The number of halogens is 1. The second kappa shape index (κ2) is 5.20. The zero-order valence-electron chi connectivity index (χ0n) is 11.5. The van der Waals surface area contributed by atoms with Crippen LogP contribution < -0.4 is 4.74 Å². The Balaban J connectivity index is 1.85. The molecule has 2 aromatic rings. The third-order valence-corrected chi connectivity index (χ3v) is 3.50. The molecule has 1 fully saturated rings. The number of nitrogens with zero attached hydrogens (tertiary/aromatic N) is 2. The SMILES string of the molecule is Cn1nc(C(=O)O)cc1-c1ccc(OCC2CC2)c(F)c1. The van der Waals surface area contributed by atoms with Gasteiger partial charge in [0.25, 0.3) is 0 Å². The van der Waals surface area contributed by atoms with Gasteiger partial charge in [0.2, 0.25) is 0 Å². The number of carboxylic acid groups (broad SMARTS) is 1. The highest BCUT2D eigenvalue weighted by Crippen LogP contribution is 2.31. The van der Waals surface area contributed by atoms with E-state index in [0.29, 0.717) is 23.8 Å². The fraction of sp³-hybridized carbons (Fsp3) is 0.333. The molecule has 0 amide bonds. The summed E-state index contributed by atoms with van der Waals surface area (Å²) in [5, 5.41) is 12.8. The first kappa shape index (κ1) is 13.6. The fourth-order valence-electron chi connectivity index (χ4n) is 2.11. The van der Waals surface area contributed by atoms with Crippen molar-refractivity contribution in [1.82, 2.24) is 9.78 Å². The van der Waals surface area contributed by atoms with Gasteiger partial charge in [0.1, 0.15) is 0 Å². The number of ether oxygens (including phenoxy) is 1. The molecule has 1 N–H and O–H groups in total. The van der Waals surface area contributed by atoms with Gasteiger partial charge in [0, 0.05) is 12.6 Å². The number of benzene rings is 1. The fourth-order valence-corrected chi connectivity index (χ4v) is 2.11. The van der Waals surface area contributed by atoms with Crippen LogP contribution in [-0.4, -0.2) is 27.5 Å². The maximum atomic E-state index is 14.0. The van der Waals surface area contributed by atoms with Crippen LogP contribution in [0.2, 0.25) is 0 Å². The lowest BCUT2D eigenvalue weighted by atomic mass is 10.1. The number of aryl methyl sites for hydroxylation is 1. The van der Waals surface area contributed by atoms with Crippen LogP contribution in [0.3, 0.4) is 0 Å². The zero-order chi connectivity index (χ0) is 15.0. The molecule has 3 rings (SSSR count). The summed E-state index contributed by atoms with van der Waals surface area (Å²) >= 11 is 0. The molecule has 0 spiro atoms. The third kappa shape index (κ3) is 2.89. The number of carbonyl (C=O) groups is 1. The van der Waals surface area contributed by atoms with Crippen molar-refractivity contribution in [3.8, 4) is 17.0 Å². The van der Waals surface area contributed by atoms with E-state index in [1.54, 1.807) is 19.2 Å². The van der Waals surface area contributed by atoms with Crippen LogP contribution in [0.15, 0.2) is 24.3 Å². The molecule has 1 aromatic carbocycles. The smallest absolute Gasteiger partial charge is 0.356 e. The average Bonchev–Trinajstić information content (AvgIpc) is 3.18. The standard InChI is InChI=1S/C15H15FN2O3/c1-18-13(7-12(17-18)15(19)20)10-4-5-14(11(16)6-10)21-8-9-2-3-9/h4-7,9H,2-3,8H2,1H3,(H,19,20). The van der Waals surface area contributed by atoms with Crippen molar-refractivity contribution in [2.24, 2.45) is 13.0 Å². The average molecular weight is 290 g/mol. The van der Waals surface area contributed by atoms with Gasteiger partial charge in [-0.1, -0.05) is 0 Å². The van der Waals surface area contributed by atoms with Crippen molar-refractivity contribution in [3.63, 3.8) is 0 Å². The molecule has 1 heterocycles. The Kier molecular flexibility index (Phi) is 3.37. The first-order valence-corrected chi connectivity index (χ1v) is 6.74. The molecule has 0 atom stereocenters. The highest BCUT2D eigenvalue weighted by Gasteiger charge is 2.22. The molecule has 1 saturated carbocycles. The largest absolute Gasteiger partial charge is 0.490 e. The van der Waals surface area contributed by atoms with Crippen LogP contribution in [0.5, 0.6) is 5.75 Å². The first-order chi connectivity index (χ1) is 10.0. The number of hydrogen-bond acceptors (Lipinski definition) is 3. The van der Waals surface area contributed by atoms with Gasteiger partial charge < -0.3 is 9.84 Å². The van der Waals surface area contributed by atoms with Crippen LogP contribution in [0.25, 0.3) is 11.3 Å². The van der Waals surface area contributed by atoms with Crippen molar-refractivity contribution in [2.45, 2.75) is 12.8 Å². The number of aromatic nitrogens is 2. The molecule has 0 unspecified atom stereocenters. The van der Waals surface area contributed by atoms with Crippen molar-refractivity contribution in [1.29, 1.82) is 0 Å². The molecule has 0 saturated heterocycles. The molecule has 0 radical (unpaired) electrons. The van der Waals surface area contributed by atoms with Crippen LogP contribution in [0.4, 0.5) is 4.39 Å². The lowest BCUT2D eigenvalue weighted by Gasteiger charge is -2.08. The van der Waals surface area contributed by atoms with Gasteiger partial charge >= 0.3 is 5.97 Å². The van der Waals surface area contributed by atoms with Gasteiger partial charge in [-0.25, -0.2) is 9.18 Å². The summed E-state index contributed by atoms with van der Waals surface area (Å²) in [6.07, 6.45) is 2.29. The van der Waals surface area contributed by atoms with E-state index in [1.165, 1.54) is 16.8 Å². The Bertz CT molecular complexity index is 692. The summed E-state index contributed by atoms with van der Waals surface area (Å²) < 4.78 is 20.9. The minimum atomic E-state index is -1.11. The monoisotopic (exact) mass is 290 g/mol. The van der Waals surface area contributed by atoms with E-state index < -0.39 is 11.8 Å². The minimum absolute atomic E-state index is 0.0676. The van der Waals surface area contributed by atoms with Gasteiger partial charge in [-0.15, -0.1) is 0 Å². The summed E-state index contributed by atoms with van der Waals surface area (Å²) in [7, 11) is 1.62. The predicted octanol–water partition coefficient (Wildman–Crippen LogP) is 2.71. The van der Waals surface area contributed by atoms with Gasteiger partial charge in [-0.05, 0) is 43.0 Å². The maximum Gasteiger partial charge on any atom is 0.356 e. The Morgan fingerprint density at radius 1 is 1.48 bits per heavy atom. The van der Waals surface area contributed by atoms with Crippen LogP contribution in [-0.2, 0) is 7.05 Å². The molecule has 5 nitrogen and oxygen atoms in total. The predicted molar refractivity (Wildman–Crippen MR) is 73.8 cm³/mol. The topological polar surface area (TPSA) is 64.4 Å². The van der Waals surface area contributed by atoms with Gasteiger partial charge in [0.15, 0.2) is 17.3 Å². The summed E-state index contributed by atoms with van der Waals surface area (Å²) in [5.74, 6) is -0.779. The van der Waals surface area contributed by atoms with Gasteiger partial charge in [-0.2, -0.15) is 5.10 Å². The number of hydrogen-bond donors (Lipinski definition) is 1. The second-order valence-corrected chi connectivity index (χ2v) is 5.24. The molecule has 6 heteroatoms. The second-order valence-electron chi connectivity index (χ2n) is 5.24. The molecule has 1 aliphatic rings. The van der Waals surface area contributed by atoms with E-state index in [1.807, 2.05) is 0 Å². The van der Waals surface area contributed by atoms with E-state index in [2.05, 4.69) is 5.10 Å². The van der Waals surface area contributed by atoms with Crippen molar-refractivity contribution in [2.75, 3.05) is 6.61 Å². The quantitative estimate of drug-likeness (QED) is 0.919. The zero-order valence-corrected chi connectivity index (χ0v) is 11.5. The van der Waals surface area contributed by atoms with Crippen molar-refractivity contribution < 1.29 is 19.0 Å². The lowest BCUT2D eigenvalue weighted by molar-refractivity contribution is 0.0689. The molecule has 0 aliphatic heterocycles. The Hall–Kier alpha value is -2.37. The summed E-state index contributed by atoms with van der Waals surface area (Å²) in [6, 6.07) is 6.03. The van der Waals surface area contributed by atoms with Gasteiger partial charge in [-0.3, -0.25) is 4.68 Å². The summed E-state index contributed by atoms with van der Waals surface area (Å²) in [4.78, 5) is 10.9. The first-order valence-electron chi connectivity index (χ1n) is 6.74. The molecule has 0 bridgehead atoms. The highest BCUT2D eigenvalue weighted by atomic mass is 19.1. The normalized spacial score (nSPS) is 14.2. The van der Waals surface area contributed by atoms with E-state index in [9.17, 15) is 9.18 Å². The molecule has 1 aromatic heterocycles. The van der Waals surface area contributed by atoms with Crippen LogP contribution in [0, 0.1) is 11.7 Å². The van der Waals surface area contributed by atoms with Crippen molar-refractivity contribution >= 4 is 5.97 Å². The van der Waals surface area contributed by atoms with E-state index in [4.69, 9.17) is 9.84 Å². The summed E-state index contributed by atoms with van der Waals surface area (Å²) in [6.45, 7) is 0.547. The third-order valence-electron chi connectivity index (χ3n) is 3.50. The van der Waals surface area contributed by atoms with Gasteiger partial charge in [0.05, 0.1) is 12.3 Å². The van der Waals surface area contributed by atoms with Crippen LogP contribution in [0.1, 0.15) is 23.3 Å². The molecule has 21 heavy (non-hydrogen) atoms. The summed E-state index contributed by atoms with van der Waals surface area (Å²) in [5.41, 5.74) is 1.04. The van der Waals surface area contributed by atoms with E-state index in [-0.39, 0.29) is 11.4 Å².